The van der Waals surface area contributed by atoms with Crippen LogP contribution < -0.4 is 5.32 Å². The van der Waals surface area contributed by atoms with Crippen molar-refractivity contribution in [3.05, 3.63) is 67.3 Å². The molecule has 10 nitrogen and oxygen atoms in total. The first-order valence-electron chi connectivity index (χ1n) is 11.3. The average Bonchev–Trinajstić information content (AvgIpc) is 3.54. The number of aromatic nitrogens is 8. The molecule has 6 rings (SSSR count). The van der Waals surface area contributed by atoms with Gasteiger partial charge in [-0.15, -0.1) is 0 Å². The highest BCUT2D eigenvalue weighted by atomic mass is 19.1. The number of imidazole rings is 1. The minimum Gasteiger partial charge on any atom is -0.374 e. The van der Waals surface area contributed by atoms with Crippen LogP contribution in [0.3, 0.4) is 0 Å². The molecule has 4 N–H and O–H groups in total. The first-order valence-corrected chi connectivity index (χ1v) is 11.3. The average molecular weight is 481 g/mol. The van der Waals surface area contributed by atoms with E-state index in [-0.39, 0.29) is 16.6 Å². The van der Waals surface area contributed by atoms with Gasteiger partial charge in [-0.2, -0.15) is 5.10 Å². The molecule has 0 radical (unpaired) electrons. The van der Waals surface area contributed by atoms with Gasteiger partial charge in [0.1, 0.15) is 17.7 Å². The van der Waals surface area contributed by atoms with Crippen LogP contribution in [-0.2, 0) is 0 Å². The Hall–Kier alpha value is -4.77. The van der Waals surface area contributed by atoms with Gasteiger partial charge in [0.2, 0.25) is 0 Å². The van der Waals surface area contributed by atoms with Crippen molar-refractivity contribution in [1.82, 2.24) is 40.1 Å². The summed E-state index contributed by atoms with van der Waals surface area (Å²) >= 11 is 0. The Labute approximate surface area is 203 Å². The topological polar surface area (TPSA) is 141 Å². The van der Waals surface area contributed by atoms with Crippen LogP contribution in [0.25, 0.3) is 56.0 Å². The quantitative estimate of drug-likeness (QED) is 0.258. The summed E-state index contributed by atoms with van der Waals surface area (Å²) in [5.74, 6) is -0.131. The number of pyridine rings is 4. The molecular formula is C25H20FN9O. The first kappa shape index (κ1) is 21.7. The number of fused-ring (bicyclic) bond motifs is 2. The number of rotatable bonds is 6. The lowest BCUT2D eigenvalue weighted by Gasteiger charge is -2.12. The Morgan fingerprint density at radius 1 is 1.00 bits per heavy atom. The molecule has 6 aromatic heterocycles. The van der Waals surface area contributed by atoms with Gasteiger partial charge in [0, 0.05) is 53.2 Å². The van der Waals surface area contributed by atoms with Crippen molar-refractivity contribution in [1.29, 1.82) is 0 Å². The Kier molecular flexibility index (Phi) is 5.30. The number of H-pyrrole nitrogens is 2. The summed E-state index contributed by atoms with van der Waals surface area (Å²) in [4.78, 5) is 24.9. The Bertz CT molecular complexity index is 1700. The van der Waals surface area contributed by atoms with Crippen molar-refractivity contribution in [2.75, 3.05) is 5.32 Å². The summed E-state index contributed by atoms with van der Waals surface area (Å²) in [5.41, 5.74) is 4.86. The maximum Gasteiger partial charge on any atom is 0.184 e. The molecule has 0 saturated carbocycles. The van der Waals surface area contributed by atoms with Crippen LogP contribution in [-0.4, -0.2) is 51.4 Å². The van der Waals surface area contributed by atoms with Gasteiger partial charge < -0.3 is 15.4 Å². The van der Waals surface area contributed by atoms with E-state index in [0.29, 0.717) is 40.4 Å². The minimum atomic E-state index is -0.730. The van der Waals surface area contributed by atoms with E-state index in [1.807, 2.05) is 25.1 Å². The van der Waals surface area contributed by atoms with Crippen molar-refractivity contribution in [3.63, 3.8) is 0 Å². The lowest BCUT2D eigenvalue weighted by molar-refractivity contribution is 0.199. The van der Waals surface area contributed by atoms with Gasteiger partial charge in [-0.05, 0) is 24.6 Å². The van der Waals surface area contributed by atoms with Crippen molar-refractivity contribution >= 4 is 27.9 Å². The monoisotopic (exact) mass is 481 g/mol. The second kappa shape index (κ2) is 8.78. The predicted molar refractivity (Wildman–Crippen MR) is 133 cm³/mol. The SMILES string of the molecule is CCC(O)Nc1cncc(-c2cnc3n[nH]c(-c4nc5nccc(-c6cccnc6)c5[nH]4)c3c2F)c1. The molecule has 0 aliphatic rings. The van der Waals surface area contributed by atoms with E-state index in [0.717, 1.165) is 11.1 Å². The fraction of sp³-hybridized carbons (Fsp3) is 0.120. The van der Waals surface area contributed by atoms with Crippen molar-refractivity contribution in [2.45, 2.75) is 19.6 Å². The van der Waals surface area contributed by atoms with Crippen LogP contribution in [0.2, 0.25) is 0 Å². The second-order valence-corrected chi connectivity index (χ2v) is 8.20. The number of aliphatic hydroxyl groups excluding tert-OH is 1. The number of nitrogens with one attached hydrogen (secondary N) is 3. The van der Waals surface area contributed by atoms with Gasteiger partial charge in [0.25, 0.3) is 0 Å². The fourth-order valence-electron chi connectivity index (χ4n) is 4.08. The number of nitrogens with zero attached hydrogens (tertiary/aromatic N) is 6. The lowest BCUT2D eigenvalue weighted by Crippen LogP contribution is -2.17. The molecule has 6 aromatic rings. The molecule has 0 aromatic carbocycles. The maximum absolute atomic E-state index is 15.9. The lowest BCUT2D eigenvalue weighted by atomic mass is 10.1. The highest BCUT2D eigenvalue weighted by molar-refractivity contribution is 5.96. The number of halogens is 1. The molecule has 0 amide bonds. The van der Waals surface area contributed by atoms with Crippen LogP contribution in [0.1, 0.15) is 13.3 Å². The van der Waals surface area contributed by atoms with Gasteiger partial charge >= 0.3 is 0 Å². The van der Waals surface area contributed by atoms with E-state index in [9.17, 15) is 5.11 Å². The molecule has 1 atom stereocenters. The summed E-state index contributed by atoms with van der Waals surface area (Å²) in [6.07, 6.45) is 9.44. The molecule has 178 valence electrons. The summed E-state index contributed by atoms with van der Waals surface area (Å²) < 4.78 is 15.9. The second-order valence-electron chi connectivity index (χ2n) is 8.20. The van der Waals surface area contributed by atoms with Crippen LogP contribution in [0, 0.1) is 5.82 Å². The van der Waals surface area contributed by atoms with Gasteiger partial charge in [-0.3, -0.25) is 15.1 Å². The third kappa shape index (κ3) is 3.71. The summed E-state index contributed by atoms with van der Waals surface area (Å²) in [6, 6.07) is 7.38. The van der Waals surface area contributed by atoms with E-state index in [2.05, 4.69) is 45.4 Å². The highest BCUT2D eigenvalue weighted by Gasteiger charge is 2.21. The van der Waals surface area contributed by atoms with Crippen LogP contribution in [0.5, 0.6) is 0 Å². The van der Waals surface area contributed by atoms with E-state index in [4.69, 9.17) is 0 Å². The molecule has 11 heteroatoms. The zero-order chi connectivity index (χ0) is 24.6. The van der Waals surface area contributed by atoms with Crippen LogP contribution in [0.15, 0.2) is 61.4 Å². The normalized spacial score (nSPS) is 12.3. The molecule has 36 heavy (non-hydrogen) atoms. The summed E-state index contributed by atoms with van der Waals surface area (Å²) in [7, 11) is 0. The number of aliphatic hydroxyl groups is 1. The van der Waals surface area contributed by atoms with E-state index >= 15 is 4.39 Å². The summed E-state index contributed by atoms with van der Waals surface area (Å²) in [6.45, 7) is 1.85. The van der Waals surface area contributed by atoms with Crippen molar-refractivity contribution in [2.24, 2.45) is 0 Å². The van der Waals surface area contributed by atoms with Crippen LogP contribution >= 0.6 is 0 Å². The predicted octanol–water partition coefficient (Wildman–Crippen LogP) is 4.30. The van der Waals surface area contributed by atoms with E-state index in [1.54, 1.807) is 37.1 Å². The zero-order valence-corrected chi connectivity index (χ0v) is 19.1. The fourth-order valence-corrected chi connectivity index (χ4v) is 4.08. The molecule has 0 aliphatic heterocycles. The third-order valence-electron chi connectivity index (χ3n) is 5.89. The smallest absolute Gasteiger partial charge is 0.184 e. The maximum atomic E-state index is 15.9. The van der Waals surface area contributed by atoms with Gasteiger partial charge in [-0.1, -0.05) is 13.0 Å². The van der Waals surface area contributed by atoms with Crippen LogP contribution in [0.4, 0.5) is 10.1 Å². The number of aromatic amines is 2. The Morgan fingerprint density at radius 2 is 1.89 bits per heavy atom. The third-order valence-corrected chi connectivity index (χ3v) is 5.89. The van der Waals surface area contributed by atoms with Crippen molar-refractivity contribution in [3.8, 4) is 33.8 Å². The highest BCUT2D eigenvalue weighted by Crippen LogP contribution is 2.34. The molecule has 0 saturated heterocycles. The largest absolute Gasteiger partial charge is 0.374 e. The summed E-state index contributed by atoms with van der Waals surface area (Å²) in [5, 5.41) is 20.1. The van der Waals surface area contributed by atoms with E-state index < -0.39 is 12.0 Å². The van der Waals surface area contributed by atoms with E-state index in [1.165, 1.54) is 6.20 Å². The first-order chi connectivity index (χ1) is 17.6. The zero-order valence-electron chi connectivity index (χ0n) is 19.1. The molecule has 0 bridgehead atoms. The number of hydrogen-bond donors (Lipinski definition) is 4. The Morgan fingerprint density at radius 3 is 2.72 bits per heavy atom. The molecule has 0 aliphatic carbocycles. The molecule has 0 spiro atoms. The minimum absolute atomic E-state index is 0.196. The standard InChI is InChI=1S/C25H20FN9O/c1-2-18(36)31-15-8-14(10-28-11-15)17-12-30-23-19(20(17)26)22(34-35-23)25-32-21-16(5-7-29-24(21)33-25)13-4-3-6-27-9-13/h3-12,18,31,36H,2H2,1H3,(H,29,32,33)(H,30,34,35). The van der Waals surface area contributed by atoms with Gasteiger partial charge in [0.15, 0.2) is 17.1 Å². The molecule has 6 heterocycles. The van der Waals surface area contributed by atoms with Crippen molar-refractivity contribution < 1.29 is 9.50 Å². The van der Waals surface area contributed by atoms with Gasteiger partial charge in [-0.25, -0.2) is 19.3 Å². The van der Waals surface area contributed by atoms with Gasteiger partial charge in [0.05, 0.1) is 22.8 Å². The molecular weight excluding hydrogens is 461 g/mol. The number of anilines is 1. The molecule has 1 unspecified atom stereocenters. The molecule has 0 fully saturated rings. The number of hydrogen-bond acceptors (Lipinski definition) is 8. The Balaban J connectivity index is 1.47.